The number of hydrogen-bond donors (Lipinski definition) is 1. The van der Waals surface area contributed by atoms with E-state index in [1.165, 1.54) is 24.5 Å². The van der Waals surface area contributed by atoms with Gasteiger partial charge in [-0.2, -0.15) is 0 Å². The van der Waals surface area contributed by atoms with Crippen LogP contribution in [0.2, 0.25) is 30.7 Å². The second-order valence-electron chi connectivity index (χ2n) is 11.0. The predicted octanol–water partition coefficient (Wildman–Crippen LogP) is 6.68. The SMILES string of the molecule is Cc1nc(C(OC(=O)N(C(C)C)C(C)C)c2ccc(F)c(Cl)c2)n(COCC[Si](C)(C)C)c1S(C)(=N)=O. The fourth-order valence-corrected chi connectivity index (χ4v) is 6.18. The summed E-state index contributed by atoms with van der Waals surface area (Å²) in [5.74, 6) is -0.384. The Kier molecular flexibility index (Phi) is 10.4. The summed E-state index contributed by atoms with van der Waals surface area (Å²) in [6.07, 6.45) is -0.388. The first-order valence-electron chi connectivity index (χ1n) is 12.3. The number of aromatic nitrogens is 2. The fourth-order valence-electron chi connectivity index (χ4n) is 4.06. The smallest absolute Gasteiger partial charge is 0.411 e. The molecule has 0 saturated carbocycles. The lowest BCUT2D eigenvalue weighted by Crippen LogP contribution is -2.43. The Labute approximate surface area is 226 Å². The Morgan fingerprint density at radius 3 is 2.32 bits per heavy atom. The third-order valence-electron chi connectivity index (χ3n) is 5.72. The molecular formula is C25H40ClFN4O4SSi. The minimum Gasteiger partial charge on any atom is -0.433 e. The van der Waals surface area contributed by atoms with Gasteiger partial charge < -0.3 is 14.4 Å². The van der Waals surface area contributed by atoms with Gasteiger partial charge in [0.25, 0.3) is 0 Å². The molecule has 0 aliphatic carbocycles. The zero-order valence-electron chi connectivity index (χ0n) is 23.2. The molecule has 0 saturated heterocycles. The van der Waals surface area contributed by atoms with E-state index in [-0.39, 0.29) is 34.7 Å². The maximum atomic E-state index is 14.0. The summed E-state index contributed by atoms with van der Waals surface area (Å²) in [7, 11) is -4.58. The summed E-state index contributed by atoms with van der Waals surface area (Å²) in [5, 5.41) is 0.0543. The van der Waals surface area contributed by atoms with Crippen molar-refractivity contribution in [2.75, 3.05) is 12.9 Å². The van der Waals surface area contributed by atoms with Crippen molar-refractivity contribution in [2.45, 2.75) is 90.2 Å². The molecule has 2 atom stereocenters. The Hall–Kier alpha value is -1.95. The number of carbonyl (C=O) groups is 1. The number of nitrogens with one attached hydrogen (secondary N) is 1. The molecule has 1 aromatic carbocycles. The molecule has 12 heteroatoms. The summed E-state index contributed by atoms with van der Waals surface area (Å²) < 4.78 is 48.8. The number of carbonyl (C=O) groups excluding carboxylic acids is 1. The van der Waals surface area contributed by atoms with Gasteiger partial charge >= 0.3 is 6.09 Å². The van der Waals surface area contributed by atoms with Crippen molar-refractivity contribution in [1.82, 2.24) is 14.5 Å². The van der Waals surface area contributed by atoms with Crippen LogP contribution in [0.1, 0.15) is 50.9 Å². The first-order chi connectivity index (χ1) is 16.9. The molecule has 0 aliphatic heterocycles. The molecule has 37 heavy (non-hydrogen) atoms. The molecule has 1 N–H and O–H groups in total. The largest absolute Gasteiger partial charge is 0.433 e. The van der Waals surface area contributed by atoms with Gasteiger partial charge in [-0.3, -0.25) is 4.57 Å². The number of ether oxygens (including phenoxy) is 2. The van der Waals surface area contributed by atoms with E-state index in [1.807, 2.05) is 27.7 Å². The number of imidazole rings is 1. The molecule has 0 spiro atoms. The van der Waals surface area contributed by atoms with Crippen molar-refractivity contribution in [3.63, 3.8) is 0 Å². The Balaban J connectivity index is 2.66. The predicted molar refractivity (Wildman–Crippen MR) is 148 cm³/mol. The average molecular weight is 575 g/mol. The van der Waals surface area contributed by atoms with E-state index in [1.54, 1.807) is 16.4 Å². The lowest BCUT2D eigenvalue weighted by Gasteiger charge is -2.31. The van der Waals surface area contributed by atoms with Crippen LogP contribution in [0.15, 0.2) is 23.2 Å². The zero-order valence-corrected chi connectivity index (χ0v) is 25.8. The molecular weight excluding hydrogens is 535 g/mol. The standard InChI is InChI=1S/C25H40ClFN4O4SSi/c1-16(2)31(17(3)4)25(32)35-22(19-10-11-21(27)20(26)14-19)23-29-18(5)24(36(6,28)33)30(23)15-34-12-13-37(7,8)9/h10-11,14,16-17,22,28H,12-13,15H2,1-9H3. The van der Waals surface area contributed by atoms with Crippen LogP contribution in [0, 0.1) is 17.5 Å². The number of nitrogens with zero attached hydrogens (tertiary/aromatic N) is 3. The van der Waals surface area contributed by atoms with Gasteiger partial charge in [-0.1, -0.05) is 37.3 Å². The summed E-state index contributed by atoms with van der Waals surface area (Å²) in [6, 6.07) is 4.67. The minimum atomic E-state index is -3.22. The summed E-state index contributed by atoms with van der Waals surface area (Å²) in [5.41, 5.74) is 0.754. The number of amides is 1. The molecule has 0 aliphatic rings. The van der Waals surface area contributed by atoms with Gasteiger partial charge in [0, 0.05) is 38.6 Å². The molecule has 1 aromatic heterocycles. The lowest BCUT2D eigenvalue weighted by molar-refractivity contribution is 0.0441. The van der Waals surface area contributed by atoms with E-state index in [0.29, 0.717) is 17.9 Å². The molecule has 2 rings (SSSR count). The van der Waals surface area contributed by atoms with Gasteiger partial charge in [-0.05, 0) is 52.8 Å². The highest BCUT2D eigenvalue weighted by molar-refractivity contribution is 7.91. The molecule has 0 radical (unpaired) electrons. The third kappa shape index (κ3) is 8.26. The monoisotopic (exact) mass is 574 g/mol. The van der Waals surface area contributed by atoms with E-state index in [9.17, 15) is 13.4 Å². The molecule has 1 amide bonds. The van der Waals surface area contributed by atoms with Gasteiger partial charge in [-0.25, -0.2) is 23.2 Å². The van der Waals surface area contributed by atoms with E-state index in [4.69, 9.17) is 25.9 Å². The van der Waals surface area contributed by atoms with Gasteiger partial charge in [0.1, 0.15) is 17.6 Å². The normalized spacial score (nSPS) is 14.6. The second-order valence-corrected chi connectivity index (χ2v) is 19.1. The minimum absolute atomic E-state index is 0.0270. The maximum Gasteiger partial charge on any atom is 0.411 e. The highest BCUT2D eigenvalue weighted by Gasteiger charge is 2.32. The molecule has 0 bridgehead atoms. The quantitative estimate of drug-likeness (QED) is 0.238. The van der Waals surface area contributed by atoms with Crippen LogP contribution < -0.4 is 0 Å². The van der Waals surface area contributed by atoms with Gasteiger partial charge in [-0.15, -0.1) is 0 Å². The molecule has 2 aromatic rings. The van der Waals surface area contributed by atoms with Crippen LogP contribution >= 0.6 is 11.6 Å². The summed E-state index contributed by atoms with van der Waals surface area (Å²) >= 11 is 6.09. The third-order valence-corrected chi connectivity index (χ3v) is 8.97. The van der Waals surface area contributed by atoms with Crippen LogP contribution in [0.3, 0.4) is 0 Å². The van der Waals surface area contributed by atoms with Crippen molar-refractivity contribution in [3.8, 4) is 0 Å². The van der Waals surface area contributed by atoms with Crippen LogP contribution in [0.4, 0.5) is 9.18 Å². The summed E-state index contributed by atoms with van der Waals surface area (Å²) in [4.78, 5) is 19.5. The number of benzene rings is 1. The molecule has 0 fully saturated rings. The van der Waals surface area contributed by atoms with E-state index in [0.717, 1.165) is 6.04 Å². The Morgan fingerprint density at radius 1 is 1.24 bits per heavy atom. The zero-order chi connectivity index (χ0) is 28.3. The molecule has 1 heterocycles. The van der Waals surface area contributed by atoms with E-state index in [2.05, 4.69) is 24.6 Å². The highest BCUT2D eigenvalue weighted by Crippen LogP contribution is 2.33. The number of aryl methyl sites for hydroxylation is 1. The highest BCUT2D eigenvalue weighted by atomic mass is 35.5. The average Bonchev–Trinajstić information content (AvgIpc) is 3.06. The van der Waals surface area contributed by atoms with Gasteiger partial charge in [0.2, 0.25) is 0 Å². The number of rotatable bonds is 11. The Bertz CT molecular complexity index is 1200. The lowest BCUT2D eigenvalue weighted by atomic mass is 10.1. The molecule has 8 nitrogen and oxygen atoms in total. The van der Waals surface area contributed by atoms with Crippen molar-refractivity contribution in [1.29, 1.82) is 4.78 Å². The van der Waals surface area contributed by atoms with E-state index >= 15 is 0 Å². The fraction of sp³-hybridized carbons (Fsp3) is 0.600. The second kappa shape index (κ2) is 12.3. The van der Waals surface area contributed by atoms with Crippen LogP contribution in [-0.4, -0.2) is 57.8 Å². The van der Waals surface area contributed by atoms with Crippen molar-refractivity contribution >= 4 is 35.5 Å². The van der Waals surface area contributed by atoms with Gasteiger partial charge in [0.05, 0.1) is 20.4 Å². The van der Waals surface area contributed by atoms with Gasteiger partial charge in [0.15, 0.2) is 11.9 Å². The van der Waals surface area contributed by atoms with Crippen LogP contribution in [0.25, 0.3) is 0 Å². The van der Waals surface area contributed by atoms with Crippen LogP contribution in [0.5, 0.6) is 0 Å². The van der Waals surface area contributed by atoms with Crippen LogP contribution in [-0.2, 0) is 25.9 Å². The topological polar surface area (TPSA) is 97.5 Å². The number of hydrogen-bond acceptors (Lipinski definition) is 6. The first-order valence-corrected chi connectivity index (χ1v) is 18.3. The number of halogens is 2. The van der Waals surface area contributed by atoms with E-state index < -0.39 is 35.8 Å². The van der Waals surface area contributed by atoms with Crippen molar-refractivity contribution in [2.24, 2.45) is 0 Å². The maximum absolute atomic E-state index is 14.0. The molecule has 2 unspecified atom stereocenters. The summed E-state index contributed by atoms with van der Waals surface area (Å²) in [6.45, 7) is 16.3. The van der Waals surface area contributed by atoms with Crippen molar-refractivity contribution in [3.05, 3.63) is 46.1 Å². The van der Waals surface area contributed by atoms with Crippen molar-refractivity contribution < 1.29 is 22.9 Å². The first kappa shape index (κ1) is 31.3. The Morgan fingerprint density at radius 2 is 1.84 bits per heavy atom. The molecule has 208 valence electrons.